The van der Waals surface area contributed by atoms with Gasteiger partial charge in [-0.2, -0.15) is 19.8 Å². The Bertz CT molecular complexity index is 1390. The van der Waals surface area contributed by atoms with Crippen LogP contribution in [0.15, 0.2) is 56.8 Å². The number of benzene rings is 2. The van der Waals surface area contributed by atoms with Crippen molar-refractivity contribution in [1.29, 1.82) is 10.5 Å². The van der Waals surface area contributed by atoms with Crippen molar-refractivity contribution in [3.8, 4) is 12.1 Å². The highest BCUT2D eigenvalue weighted by Crippen LogP contribution is 2.22. The molecule has 3 aromatic rings. The minimum atomic E-state index is -3.89. The van der Waals surface area contributed by atoms with Crippen LogP contribution in [0.5, 0.6) is 0 Å². The van der Waals surface area contributed by atoms with E-state index in [0.29, 0.717) is 4.80 Å². The summed E-state index contributed by atoms with van der Waals surface area (Å²) in [6, 6.07) is 15.1. The third kappa shape index (κ3) is 5.14. The number of hydrogen-bond donors (Lipinski definition) is 0. The van der Waals surface area contributed by atoms with Gasteiger partial charge in [-0.25, -0.2) is 8.42 Å². The van der Waals surface area contributed by atoms with Crippen molar-refractivity contribution in [2.45, 2.75) is 17.7 Å². The Kier molecular flexibility index (Phi) is 7.59. The molecule has 11 heteroatoms. The molecular weight excluding hydrogens is 514 g/mol. The molecule has 164 valence electrons. The van der Waals surface area contributed by atoms with Gasteiger partial charge in [0.05, 0.1) is 27.3 Å². The molecule has 0 saturated carbocycles. The van der Waals surface area contributed by atoms with Crippen LogP contribution in [0.2, 0.25) is 0 Å². The molecule has 32 heavy (non-hydrogen) atoms. The highest BCUT2D eigenvalue weighted by Gasteiger charge is 2.24. The van der Waals surface area contributed by atoms with Gasteiger partial charge in [0.2, 0.25) is 10.0 Å². The van der Waals surface area contributed by atoms with Gasteiger partial charge < -0.3 is 4.57 Å². The van der Waals surface area contributed by atoms with Gasteiger partial charge in [-0.15, -0.1) is 0 Å². The van der Waals surface area contributed by atoms with Crippen LogP contribution in [-0.4, -0.2) is 36.3 Å². The van der Waals surface area contributed by atoms with E-state index in [-0.39, 0.29) is 36.4 Å². The summed E-state index contributed by atoms with van der Waals surface area (Å²) in [5.74, 6) is -0.485. The molecule has 1 aromatic heterocycles. The van der Waals surface area contributed by atoms with Crippen molar-refractivity contribution >= 4 is 53.4 Å². The van der Waals surface area contributed by atoms with Crippen LogP contribution in [-0.2, 0) is 17.1 Å². The zero-order valence-corrected chi connectivity index (χ0v) is 20.2. The maximum Gasteiger partial charge on any atom is 0.279 e. The monoisotopic (exact) mass is 531 g/mol. The van der Waals surface area contributed by atoms with Crippen LogP contribution >= 0.6 is 27.3 Å². The number of nitriles is 2. The fourth-order valence-electron chi connectivity index (χ4n) is 2.99. The zero-order valence-electron chi connectivity index (χ0n) is 17.0. The van der Waals surface area contributed by atoms with Crippen molar-refractivity contribution in [1.82, 2.24) is 8.87 Å². The number of thiazole rings is 1. The number of hydrogen-bond acceptors (Lipinski definition) is 6. The SMILES string of the molecule is Cn1c(=NC(=O)c2ccc(S(=O)(=O)N(CCC#N)CCC#N)cc2)sc2cc(Br)ccc21. The van der Waals surface area contributed by atoms with Crippen LogP contribution in [0.4, 0.5) is 0 Å². The van der Waals surface area contributed by atoms with Crippen LogP contribution in [0, 0.1) is 22.7 Å². The van der Waals surface area contributed by atoms with Crippen molar-refractivity contribution in [3.05, 3.63) is 57.3 Å². The molecule has 0 radical (unpaired) electrons. The third-order valence-corrected chi connectivity index (χ3v) is 8.15. The van der Waals surface area contributed by atoms with Gasteiger partial charge in [0.1, 0.15) is 0 Å². The summed E-state index contributed by atoms with van der Waals surface area (Å²) in [4.78, 5) is 17.4. The van der Waals surface area contributed by atoms with E-state index in [9.17, 15) is 13.2 Å². The molecule has 1 heterocycles. The summed E-state index contributed by atoms with van der Waals surface area (Å²) in [6.07, 6.45) is 0.0335. The standard InChI is InChI=1S/C21H18BrN5O3S2/c1-26-18-9-6-16(22)14-19(18)31-21(26)25-20(28)15-4-7-17(8-5-15)32(29,30)27(12-2-10-23)13-3-11-24/h4-9,14H,2-3,12-13H2,1H3. The molecule has 0 aliphatic heterocycles. The first-order valence-electron chi connectivity index (χ1n) is 9.46. The fraction of sp³-hybridized carbons (Fsp3) is 0.238. The van der Waals surface area contributed by atoms with Gasteiger partial charge in [0.25, 0.3) is 5.91 Å². The van der Waals surface area contributed by atoms with Crippen molar-refractivity contribution < 1.29 is 13.2 Å². The zero-order chi connectivity index (χ0) is 23.3. The van der Waals surface area contributed by atoms with Gasteiger partial charge in [-0.05, 0) is 42.5 Å². The first-order valence-corrected chi connectivity index (χ1v) is 12.5. The highest BCUT2D eigenvalue weighted by atomic mass is 79.9. The number of sulfonamides is 1. The smallest absolute Gasteiger partial charge is 0.279 e. The minimum Gasteiger partial charge on any atom is -0.319 e. The number of carbonyl (C=O) groups excluding carboxylic acids is 1. The van der Waals surface area contributed by atoms with E-state index in [4.69, 9.17) is 10.5 Å². The second-order valence-electron chi connectivity index (χ2n) is 6.72. The average Bonchev–Trinajstić information content (AvgIpc) is 3.07. The number of halogens is 1. The first kappa shape index (κ1) is 23.8. The Morgan fingerprint density at radius 3 is 2.34 bits per heavy atom. The Morgan fingerprint density at radius 1 is 1.12 bits per heavy atom. The molecule has 0 spiro atoms. The summed E-state index contributed by atoms with van der Waals surface area (Å²) in [5, 5.41) is 17.6. The van der Waals surface area contributed by atoms with Crippen LogP contribution in [0.25, 0.3) is 10.2 Å². The summed E-state index contributed by atoms with van der Waals surface area (Å²) in [5.41, 5.74) is 1.20. The molecular formula is C21H18BrN5O3S2. The van der Waals surface area contributed by atoms with Gasteiger partial charge in [-0.1, -0.05) is 27.3 Å². The molecule has 0 N–H and O–H groups in total. The Morgan fingerprint density at radius 2 is 1.75 bits per heavy atom. The molecule has 0 bridgehead atoms. The second-order valence-corrected chi connectivity index (χ2v) is 10.6. The number of aryl methyl sites for hydroxylation is 1. The molecule has 0 unspecified atom stereocenters. The minimum absolute atomic E-state index is 0.00488. The summed E-state index contributed by atoms with van der Waals surface area (Å²) >= 11 is 4.81. The average molecular weight is 532 g/mol. The Labute approximate surface area is 197 Å². The number of nitrogens with zero attached hydrogens (tertiary/aromatic N) is 5. The van der Waals surface area contributed by atoms with Crippen LogP contribution in [0.1, 0.15) is 23.2 Å². The van der Waals surface area contributed by atoms with Crippen molar-refractivity contribution in [2.24, 2.45) is 12.0 Å². The molecule has 3 rings (SSSR count). The topological polar surface area (TPSA) is 119 Å². The molecule has 1 amide bonds. The van der Waals surface area contributed by atoms with E-state index in [0.717, 1.165) is 19.0 Å². The lowest BCUT2D eigenvalue weighted by atomic mass is 10.2. The quantitative estimate of drug-likeness (QED) is 0.461. The van der Waals surface area contributed by atoms with Gasteiger partial charge in [-0.3, -0.25) is 4.79 Å². The maximum absolute atomic E-state index is 12.9. The van der Waals surface area contributed by atoms with E-state index in [2.05, 4.69) is 20.9 Å². The number of aromatic nitrogens is 1. The fourth-order valence-corrected chi connectivity index (χ4v) is 6.00. The summed E-state index contributed by atoms with van der Waals surface area (Å²) in [7, 11) is -2.07. The molecule has 0 atom stereocenters. The van der Waals surface area contributed by atoms with E-state index < -0.39 is 15.9 Å². The molecule has 0 fully saturated rings. The van der Waals surface area contributed by atoms with Gasteiger partial charge >= 0.3 is 0 Å². The highest BCUT2D eigenvalue weighted by molar-refractivity contribution is 9.10. The Balaban J connectivity index is 1.88. The van der Waals surface area contributed by atoms with E-state index in [1.165, 1.54) is 35.6 Å². The molecule has 0 aliphatic rings. The predicted molar refractivity (Wildman–Crippen MR) is 124 cm³/mol. The lowest BCUT2D eigenvalue weighted by molar-refractivity contribution is 0.0998. The number of amides is 1. The number of fused-ring (bicyclic) bond motifs is 1. The largest absolute Gasteiger partial charge is 0.319 e. The maximum atomic E-state index is 12.9. The molecule has 8 nitrogen and oxygen atoms in total. The summed E-state index contributed by atoms with van der Waals surface area (Å²) < 4.78 is 30.6. The molecule has 0 aliphatic carbocycles. The van der Waals surface area contributed by atoms with Crippen LogP contribution in [0.3, 0.4) is 0 Å². The normalized spacial score (nSPS) is 12.1. The third-order valence-electron chi connectivity index (χ3n) is 4.65. The lowest BCUT2D eigenvalue weighted by Crippen LogP contribution is -2.32. The first-order chi connectivity index (χ1) is 15.3. The second kappa shape index (κ2) is 10.2. The van der Waals surface area contributed by atoms with E-state index >= 15 is 0 Å². The number of carbonyl (C=O) groups is 1. The molecule has 2 aromatic carbocycles. The van der Waals surface area contributed by atoms with Gasteiger partial charge in [0, 0.05) is 43.0 Å². The predicted octanol–water partition coefficient (Wildman–Crippen LogP) is 3.56. The molecule has 0 saturated heterocycles. The van der Waals surface area contributed by atoms with Crippen LogP contribution < -0.4 is 4.80 Å². The van der Waals surface area contributed by atoms with Gasteiger partial charge in [0.15, 0.2) is 4.80 Å². The lowest BCUT2D eigenvalue weighted by Gasteiger charge is -2.20. The van der Waals surface area contributed by atoms with Crippen molar-refractivity contribution in [3.63, 3.8) is 0 Å². The summed E-state index contributed by atoms with van der Waals surface area (Å²) in [6.45, 7) is -0.00976. The van der Waals surface area contributed by atoms with E-state index in [1.54, 1.807) is 0 Å². The van der Waals surface area contributed by atoms with Crippen molar-refractivity contribution in [2.75, 3.05) is 13.1 Å². The number of rotatable bonds is 7. The van der Waals surface area contributed by atoms with E-state index in [1.807, 2.05) is 42.0 Å². The Hall–Kier alpha value is -2.83.